The highest BCUT2D eigenvalue weighted by molar-refractivity contribution is 5.95. The van der Waals surface area contributed by atoms with Gasteiger partial charge < -0.3 is 9.64 Å². The van der Waals surface area contributed by atoms with E-state index < -0.39 is 0 Å². The molecule has 0 saturated heterocycles. The van der Waals surface area contributed by atoms with Crippen molar-refractivity contribution < 1.29 is 9.53 Å². The topological polar surface area (TPSA) is 29.5 Å². The molecule has 16 heavy (non-hydrogen) atoms. The van der Waals surface area contributed by atoms with Crippen LogP contribution in [0.4, 0.5) is 0 Å². The molecule has 0 saturated carbocycles. The third-order valence-corrected chi connectivity index (χ3v) is 2.65. The minimum absolute atomic E-state index is 0.0543. The summed E-state index contributed by atoms with van der Waals surface area (Å²) in [5, 5.41) is 0. The Morgan fingerprint density at radius 2 is 2.06 bits per heavy atom. The number of allylic oxidation sites excluding steroid dienone is 1. The fourth-order valence-electron chi connectivity index (χ4n) is 1.72. The van der Waals surface area contributed by atoms with Gasteiger partial charge in [-0.1, -0.05) is 6.08 Å². The van der Waals surface area contributed by atoms with Gasteiger partial charge in [-0.05, 0) is 37.1 Å². The van der Waals surface area contributed by atoms with E-state index >= 15 is 0 Å². The van der Waals surface area contributed by atoms with E-state index in [1.54, 1.807) is 36.3 Å². The van der Waals surface area contributed by atoms with E-state index in [1.165, 1.54) is 0 Å². The molecule has 0 atom stereocenters. The van der Waals surface area contributed by atoms with Crippen LogP contribution in [0.2, 0.25) is 0 Å². The van der Waals surface area contributed by atoms with Crippen LogP contribution in [0.25, 0.3) is 0 Å². The second-order valence-electron chi connectivity index (χ2n) is 3.75. The molecule has 2 rings (SSSR count). The number of carbonyl (C=O) groups excluding carboxylic acids is 1. The summed E-state index contributed by atoms with van der Waals surface area (Å²) in [7, 11) is 1.62. The van der Waals surface area contributed by atoms with Gasteiger partial charge in [-0.3, -0.25) is 4.79 Å². The second-order valence-corrected chi connectivity index (χ2v) is 3.75. The van der Waals surface area contributed by atoms with Gasteiger partial charge in [-0.25, -0.2) is 0 Å². The highest BCUT2D eigenvalue weighted by atomic mass is 16.5. The Hall–Kier alpha value is -1.77. The van der Waals surface area contributed by atoms with E-state index in [0.29, 0.717) is 5.56 Å². The highest BCUT2D eigenvalue weighted by Crippen LogP contribution is 2.15. The predicted molar refractivity (Wildman–Crippen MR) is 62.4 cm³/mol. The van der Waals surface area contributed by atoms with Gasteiger partial charge in [0, 0.05) is 18.3 Å². The molecule has 3 heteroatoms. The van der Waals surface area contributed by atoms with E-state index in [9.17, 15) is 4.79 Å². The first kappa shape index (κ1) is 10.7. The SMILES string of the molecule is COc1ccc(C(=O)N2C=CCCC2)cc1. The van der Waals surface area contributed by atoms with Gasteiger partial charge in [0.25, 0.3) is 5.91 Å². The monoisotopic (exact) mass is 217 g/mol. The lowest BCUT2D eigenvalue weighted by molar-refractivity contribution is 0.0815. The van der Waals surface area contributed by atoms with Gasteiger partial charge in [0.2, 0.25) is 0 Å². The molecule has 1 aliphatic rings. The Morgan fingerprint density at radius 1 is 1.31 bits per heavy atom. The highest BCUT2D eigenvalue weighted by Gasteiger charge is 2.14. The van der Waals surface area contributed by atoms with E-state index in [1.807, 2.05) is 12.3 Å². The smallest absolute Gasteiger partial charge is 0.257 e. The number of rotatable bonds is 2. The zero-order chi connectivity index (χ0) is 11.4. The quantitative estimate of drug-likeness (QED) is 0.761. The van der Waals surface area contributed by atoms with E-state index in [0.717, 1.165) is 25.1 Å². The lowest BCUT2D eigenvalue weighted by Gasteiger charge is -2.21. The molecule has 1 aromatic rings. The maximum absolute atomic E-state index is 12.0. The van der Waals surface area contributed by atoms with Crippen molar-refractivity contribution in [2.75, 3.05) is 13.7 Å². The summed E-state index contributed by atoms with van der Waals surface area (Å²) in [5.41, 5.74) is 0.701. The van der Waals surface area contributed by atoms with Gasteiger partial charge in [0.1, 0.15) is 5.75 Å². The first-order valence-electron chi connectivity index (χ1n) is 5.43. The predicted octanol–water partition coefficient (Wildman–Crippen LogP) is 2.44. The Labute approximate surface area is 95.3 Å². The van der Waals surface area contributed by atoms with Crippen LogP contribution in [0.5, 0.6) is 5.75 Å². The van der Waals surface area contributed by atoms with Crippen LogP contribution in [0.3, 0.4) is 0 Å². The largest absolute Gasteiger partial charge is 0.497 e. The van der Waals surface area contributed by atoms with Crippen molar-refractivity contribution in [1.29, 1.82) is 0 Å². The Balaban J connectivity index is 2.13. The number of benzene rings is 1. The number of amides is 1. The standard InChI is InChI=1S/C13H15NO2/c1-16-12-7-5-11(6-8-12)13(15)14-9-3-2-4-10-14/h3,5-9H,2,4,10H2,1H3. The summed E-state index contributed by atoms with van der Waals surface area (Å²) >= 11 is 0. The van der Waals surface area contributed by atoms with Crippen molar-refractivity contribution in [3.8, 4) is 5.75 Å². The van der Waals surface area contributed by atoms with Crippen LogP contribution < -0.4 is 4.74 Å². The summed E-state index contributed by atoms with van der Waals surface area (Å²) in [4.78, 5) is 13.8. The van der Waals surface area contributed by atoms with Crippen molar-refractivity contribution in [2.24, 2.45) is 0 Å². The molecule has 1 aliphatic heterocycles. The average Bonchev–Trinajstić information content (AvgIpc) is 2.39. The zero-order valence-electron chi connectivity index (χ0n) is 9.35. The Bertz CT molecular complexity index is 395. The van der Waals surface area contributed by atoms with Gasteiger partial charge in [0.15, 0.2) is 0 Å². The van der Waals surface area contributed by atoms with Gasteiger partial charge in [-0.2, -0.15) is 0 Å². The normalized spacial score (nSPS) is 14.9. The first-order valence-corrected chi connectivity index (χ1v) is 5.43. The molecule has 0 aromatic heterocycles. The number of nitrogens with zero attached hydrogens (tertiary/aromatic N) is 1. The third-order valence-electron chi connectivity index (χ3n) is 2.65. The van der Waals surface area contributed by atoms with Crippen LogP contribution in [-0.2, 0) is 0 Å². The van der Waals surface area contributed by atoms with Crippen LogP contribution in [-0.4, -0.2) is 24.5 Å². The summed E-state index contributed by atoms with van der Waals surface area (Å²) in [5.74, 6) is 0.823. The van der Waals surface area contributed by atoms with Crippen molar-refractivity contribution in [1.82, 2.24) is 4.90 Å². The van der Waals surface area contributed by atoms with Gasteiger partial charge >= 0.3 is 0 Å². The average molecular weight is 217 g/mol. The summed E-state index contributed by atoms with van der Waals surface area (Å²) in [6.45, 7) is 0.807. The van der Waals surface area contributed by atoms with E-state index in [-0.39, 0.29) is 5.91 Å². The lowest BCUT2D eigenvalue weighted by Crippen LogP contribution is -2.28. The number of hydrogen-bond donors (Lipinski definition) is 0. The first-order chi connectivity index (χ1) is 7.81. The van der Waals surface area contributed by atoms with E-state index in [2.05, 4.69) is 0 Å². The van der Waals surface area contributed by atoms with Crippen LogP contribution >= 0.6 is 0 Å². The Kier molecular flexibility index (Phi) is 3.25. The van der Waals surface area contributed by atoms with Crippen molar-refractivity contribution in [3.63, 3.8) is 0 Å². The van der Waals surface area contributed by atoms with Crippen molar-refractivity contribution in [2.45, 2.75) is 12.8 Å². The lowest BCUT2D eigenvalue weighted by atomic mass is 10.1. The van der Waals surface area contributed by atoms with Crippen LogP contribution in [0, 0.1) is 0 Å². The molecule has 0 radical (unpaired) electrons. The minimum atomic E-state index is 0.0543. The summed E-state index contributed by atoms with van der Waals surface area (Å²) < 4.78 is 5.06. The molecule has 1 amide bonds. The fraction of sp³-hybridized carbons (Fsp3) is 0.308. The third kappa shape index (κ3) is 2.24. The second kappa shape index (κ2) is 4.84. The maximum atomic E-state index is 12.0. The molecule has 0 aliphatic carbocycles. The molecule has 0 bridgehead atoms. The number of methoxy groups -OCH3 is 1. The molecule has 0 spiro atoms. The van der Waals surface area contributed by atoms with Crippen molar-refractivity contribution in [3.05, 3.63) is 42.1 Å². The van der Waals surface area contributed by atoms with Crippen LogP contribution in [0.15, 0.2) is 36.5 Å². The molecule has 0 fully saturated rings. The molecule has 1 heterocycles. The number of carbonyl (C=O) groups is 1. The Morgan fingerprint density at radius 3 is 2.62 bits per heavy atom. The zero-order valence-corrected chi connectivity index (χ0v) is 9.35. The summed E-state index contributed by atoms with van der Waals surface area (Å²) in [6, 6.07) is 7.20. The molecule has 0 N–H and O–H groups in total. The van der Waals surface area contributed by atoms with Gasteiger partial charge in [0.05, 0.1) is 7.11 Å². The molecular weight excluding hydrogens is 202 g/mol. The molecule has 3 nitrogen and oxygen atoms in total. The molecule has 1 aromatic carbocycles. The maximum Gasteiger partial charge on any atom is 0.257 e. The molecule has 84 valence electrons. The number of hydrogen-bond acceptors (Lipinski definition) is 2. The number of ether oxygens (including phenoxy) is 1. The van der Waals surface area contributed by atoms with Crippen LogP contribution in [0.1, 0.15) is 23.2 Å². The molecule has 0 unspecified atom stereocenters. The minimum Gasteiger partial charge on any atom is -0.497 e. The summed E-state index contributed by atoms with van der Waals surface area (Å²) in [6.07, 6.45) is 6.01. The fourth-order valence-corrected chi connectivity index (χ4v) is 1.72. The molecular formula is C13H15NO2. The van der Waals surface area contributed by atoms with Gasteiger partial charge in [-0.15, -0.1) is 0 Å². The van der Waals surface area contributed by atoms with Crippen molar-refractivity contribution >= 4 is 5.91 Å². The van der Waals surface area contributed by atoms with E-state index in [4.69, 9.17) is 4.74 Å².